The van der Waals surface area contributed by atoms with Crippen molar-refractivity contribution in [1.82, 2.24) is 19.9 Å². The van der Waals surface area contributed by atoms with Crippen LogP contribution in [-0.2, 0) is 32.0 Å². The van der Waals surface area contributed by atoms with Crippen molar-refractivity contribution < 1.29 is 45.5 Å². The number of aryl methyl sites for hydroxylation is 2. The van der Waals surface area contributed by atoms with Gasteiger partial charge in [-0.1, -0.05) is 11.6 Å². The Kier molecular flexibility index (Phi) is 11.2. The number of halogens is 7. The Balaban J connectivity index is 0.000000371. The van der Waals surface area contributed by atoms with Crippen LogP contribution in [0.5, 0.6) is 0 Å². The van der Waals surface area contributed by atoms with Gasteiger partial charge in [0, 0.05) is 44.0 Å². The fourth-order valence-corrected chi connectivity index (χ4v) is 5.13. The average Bonchev–Trinajstić information content (AvgIpc) is 3.01. The zero-order valence-corrected chi connectivity index (χ0v) is 25.9. The number of hydrogen-bond donors (Lipinski definition) is 3. The number of ketones is 2. The molecule has 0 radical (unpaired) electrons. The zero-order valence-electron chi connectivity index (χ0n) is 25.1. The van der Waals surface area contributed by atoms with Crippen LogP contribution in [0.15, 0.2) is 42.9 Å². The molecule has 48 heavy (non-hydrogen) atoms. The van der Waals surface area contributed by atoms with Crippen LogP contribution in [0.3, 0.4) is 0 Å². The number of rotatable bonds is 4. The van der Waals surface area contributed by atoms with Gasteiger partial charge in [-0.2, -0.15) is 31.3 Å². The molecule has 2 aliphatic rings. The molecule has 1 aromatic carbocycles. The van der Waals surface area contributed by atoms with Crippen LogP contribution in [-0.4, -0.2) is 68.7 Å². The van der Waals surface area contributed by atoms with E-state index in [2.05, 4.69) is 30.9 Å². The quantitative estimate of drug-likeness (QED) is 0.222. The molecule has 1 fully saturated rings. The van der Waals surface area contributed by atoms with Crippen LogP contribution in [0.4, 0.5) is 55.2 Å². The minimum absolute atomic E-state index is 0.0402. The molecule has 0 spiro atoms. The van der Waals surface area contributed by atoms with E-state index in [1.807, 2.05) is 35.4 Å². The van der Waals surface area contributed by atoms with Crippen LogP contribution in [0.2, 0.25) is 5.02 Å². The Labute approximate surface area is 274 Å². The highest BCUT2D eigenvalue weighted by atomic mass is 35.5. The number of Topliss-reactive ketones (excluding diaryl/α,β-unsaturated/α-hetero) is 2. The topological polar surface area (TPSA) is 146 Å². The molecule has 3 aromatic rings. The van der Waals surface area contributed by atoms with Gasteiger partial charge in [0.1, 0.15) is 5.02 Å². The summed E-state index contributed by atoms with van der Waals surface area (Å²) < 4.78 is 67.0. The maximum atomic E-state index is 13.0. The van der Waals surface area contributed by atoms with Gasteiger partial charge in [0.2, 0.25) is 17.8 Å². The number of aromatic nitrogens is 3. The van der Waals surface area contributed by atoms with Crippen molar-refractivity contribution in [2.75, 3.05) is 29.0 Å². The second kappa shape index (κ2) is 15.0. The largest absolute Gasteiger partial charge is 0.458 e. The van der Waals surface area contributed by atoms with Crippen molar-refractivity contribution >= 4 is 63.8 Å². The maximum Gasteiger partial charge on any atom is 0.458 e. The summed E-state index contributed by atoms with van der Waals surface area (Å²) in [7, 11) is 0. The Morgan fingerprint density at radius 2 is 1.67 bits per heavy atom. The van der Waals surface area contributed by atoms with Gasteiger partial charge in [-0.15, -0.1) is 0 Å². The summed E-state index contributed by atoms with van der Waals surface area (Å²) in [6.45, 7) is 3.00. The molecule has 2 aliphatic heterocycles. The predicted molar refractivity (Wildman–Crippen MR) is 162 cm³/mol. The summed E-state index contributed by atoms with van der Waals surface area (Å²) in [6.07, 6.45) is -2.73. The second-order valence-corrected chi connectivity index (χ2v) is 11.4. The Bertz CT molecular complexity index is 1680. The van der Waals surface area contributed by atoms with Gasteiger partial charge in [0.25, 0.3) is 0 Å². The van der Waals surface area contributed by atoms with Crippen molar-refractivity contribution in [3.8, 4) is 0 Å². The Morgan fingerprint density at radius 1 is 0.958 bits per heavy atom. The van der Waals surface area contributed by atoms with E-state index in [9.17, 15) is 45.5 Å². The van der Waals surface area contributed by atoms with Crippen molar-refractivity contribution in [2.45, 2.75) is 51.4 Å². The van der Waals surface area contributed by atoms with Gasteiger partial charge in [-0.05, 0) is 67.0 Å². The highest BCUT2D eigenvalue weighted by molar-refractivity contribution is 6.41. The number of carbonyl (C=O) groups is 4. The molecule has 256 valence electrons. The molecule has 5 rings (SSSR count). The monoisotopic (exact) mass is 699 g/mol. The average molecular weight is 700 g/mol. The summed E-state index contributed by atoms with van der Waals surface area (Å²) in [4.78, 5) is 58.9. The fourth-order valence-electron chi connectivity index (χ4n) is 4.99. The number of likely N-dealkylation sites (tertiary alicyclic amines) is 1. The summed E-state index contributed by atoms with van der Waals surface area (Å²) in [5.41, 5.74) is 4.41. The van der Waals surface area contributed by atoms with Crippen LogP contribution in [0.25, 0.3) is 0 Å². The lowest BCUT2D eigenvalue weighted by molar-refractivity contribution is -0.193. The van der Waals surface area contributed by atoms with Crippen molar-refractivity contribution in [3.63, 3.8) is 0 Å². The number of nitrogens with zero attached hydrogens (tertiary/aromatic N) is 4. The number of alkyl halides is 6. The molecule has 0 saturated carbocycles. The minimum atomic E-state index is -5.77. The first-order valence-electron chi connectivity index (χ1n) is 14.4. The van der Waals surface area contributed by atoms with Crippen LogP contribution >= 0.6 is 11.6 Å². The van der Waals surface area contributed by atoms with Crippen LogP contribution in [0.1, 0.15) is 37.3 Å². The first-order chi connectivity index (χ1) is 22.5. The van der Waals surface area contributed by atoms with E-state index < -0.39 is 23.9 Å². The molecular weight excluding hydrogens is 672 g/mol. The first kappa shape index (κ1) is 36.0. The molecule has 0 aliphatic carbocycles. The van der Waals surface area contributed by atoms with Crippen molar-refractivity contribution in [2.24, 2.45) is 5.92 Å². The van der Waals surface area contributed by atoms with Gasteiger partial charge in [0.05, 0.1) is 18.1 Å². The van der Waals surface area contributed by atoms with Crippen molar-refractivity contribution in [1.29, 1.82) is 0 Å². The Morgan fingerprint density at radius 3 is 2.33 bits per heavy atom. The third-order valence-electron chi connectivity index (χ3n) is 7.28. The smallest absolute Gasteiger partial charge is 0.343 e. The molecule has 3 N–H and O–H groups in total. The number of hydrogen-bond acceptors (Lipinski definition) is 9. The van der Waals surface area contributed by atoms with Gasteiger partial charge in [0.15, 0.2) is 5.82 Å². The summed E-state index contributed by atoms with van der Waals surface area (Å²) >= 11 is 6.35. The second-order valence-electron chi connectivity index (χ2n) is 11.0. The van der Waals surface area contributed by atoms with E-state index in [0.29, 0.717) is 36.2 Å². The SMILES string of the molecule is CC(=O)N1CCC[C@H](CC(=O)Nc2ccc3cc2CCc2cncc(c2)Nc2ncc(Cl)c(n2)N3)C1.O=C(C(=O)C(F)(F)F)C(F)(F)F. The van der Waals surface area contributed by atoms with Gasteiger partial charge in [-0.25, -0.2) is 4.98 Å². The third-order valence-corrected chi connectivity index (χ3v) is 7.56. The van der Waals surface area contributed by atoms with Crippen LogP contribution < -0.4 is 16.0 Å². The molecule has 6 bridgehead atoms. The minimum Gasteiger partial charge on any atom is -0.343 e. The number of pyridine rings is 1. The van der Waals surface area contributed by atoms with Crippen molar-refractivity contribution in [3.05, 3.63) is 59.0 Å². The molecule has 2 amide bonds. The number of amides is 2. The standard InChI is InChI=1S/C26H28ClN7O2.C4F6O2/c1-16(35)34-8-2-3-18(15-34)10-24(36)32-23-7-6-20-11-19(23)5-4-17-9-21(13-28-12-17)31-26-29-14-22(27)25(30-20)33-26;5-3(6,7)1(11)2(12)4(8,9)10/h6-7,9,11-14,18H,2-5,8,10,15H2,1H3,(H,32,36)(H2,29,30,31,33);/t18-;/m1./s1. The van der Waals surface area contributed by atoms with Gasteiger partial charge >= 0.3 is 23.9 Å². The molecule has 1 saturated heterocycles. The molecule has 2 aromatic heterocycles. The lowest BCUT2D eigenvalue weighted by Gasteiger charge is -2.31. The molecule has 11 nitrogen and oxygen atoms in total. The summed E-state index contributed by atoms with van der Waals surface area (Å²) in [5.74, 6) is -5.72. The number of benzene rings is 1. The lowest BCUT2D eigenvalue weighted by Crippen LogP contribution is -2.39. The first-order valence-corrected chi connectivity index (χ1v) is 14.8. The third kappa shape index (κ3) is 9.85. The van der Waals surface area contributed by atoms with E-state index in [4.69, 9.17) is 11.6 Å². The molecule has 1 atom stereocenters. The number of fused-ring (bicyclic) bond motifs is 6. The lowest BCUT2D eigenvalue weighted by atomic mass is 9.94. The molecule has 18 heteroatoms. The van der Waals surface area contributed by atoms with Crippen LogP contribution in [0, 0.1) is 5.92 Å². The fraction of sp³-hybridized carbons (Fsp3) is 0.367. The van der Waals surface area contributed by atoms with E-state index >= 15 is 0 Å². The molecule has 4 heterocycles. The predicted octanol–water partition coefficient (Wildman–Crippen LogP) is 5.95. The number of anilines is 5. The summed E-state index contributed by atoms with van der Waals surface area (Å²) in [6, 6.07) is 7.82. The number of piperidine rings is 1. The normalized spacial score (nSPS) is 15.9. The van der Waals surface area contributed by atoms with E-state index in [-0.39, 0.29) is 17.7 Å². The highest BCUT2D eigenvalue weighted by Gasteiger charge is 2.54. The maximum absolute atomic E-state index is 13.0. The van der Waals surface area contributed by atoms with Gasteiger partial charge < -0.3 is 20.9 Å². The highest BCUT2D eigenvalue weighted by Crippen LogP contribution is 2.30. The number of carbonyl (C=O) groups excluding carboxylic acids is 4. The zero-order chi connectivity index (χ0) is 35.2. The Hall–Kier alpha value is -4.80. The molecular formula is C30H28ClF6N7O4. The number of nitrogens with one attached hydrogen (secondary N) is 3. The van der Waals surface area contributed by atoms with E-state index in [0.717, 1.165) is 54.0 Å². The molecule has 0 unspecified atom stereocenters. The summed E-state index contributed by atoms with van der Waals surface area (Å²) in [5, 5.41) is 9.96. The van der Waals surface area contributed by atoms with E-state index in [1.54, 1.807) is 19.3 Å². The van der Waals surface area contributed by atoms with Gasteiger partial charge in [-0.3, -0.25) is 24.2 Å². The van der Waals surface area contributed by atoms with E-state index in [1.165, 1.54) is 0 Å².